The van der Waals surface area contributed by atoms with Crippen LogP contribution in [0.2, 0.25) is 0 Å². The average Bonchev–Trinajstić information content (AvgIpc) is 2.65. The molecule has 3 heterocycles. The quantitative estimate of drug-likeness (QED) is 0.730. The van der Waals surface area contributed by atoms with Gasteiger partial charge in [0.25, 0.3) is 0 Å². The van der Waals surface area contributed by atoms with Crippen molar-refractivity contribution in [1.29, 1.82) is 0 Å². The second-order valence-electron chi connectivity index (χ2n) is 3.82. The van der Waals surface area contributed by atoms with E-state index in [-0.39, 0.29) is 12.4 Å². The van der Waals surface area contributed by atoms with Crippen LogP contribution in [0.5, 0.6) is 0 Å². The summed E-state index contributed by atoms with van der Waals surface area (Å²) in [6.45, 7) is 4.79. The summed E-state index contributed by atoms with van der Waals surface area (Å²) >= 11 is 1.93. The third-order valence-electron chi connectivity index (χ3n) is 3.11. The summed E-state index contributed by atoms with van der Waals surface area (Å²) in [7, 11) is 0. The SMILES string of the molecule is Cl.c1cc2c(s1)[C@@H]1CNCCN1CC2. The van der Waals surface area contributed by atoms with E-state index in [1.807, 2.05) is 11.3 Å². The second kappa shape index (κ2) is 4.19. The Hall–Kier alpha value is -0.0900. The van der Waals surface area contributed by atoms with Crippen LogP contribution >= 0.6 is 23.7 Å². The Morgan fingerprint density at radius 1 is 1.43 bits per heavy atom. The Labute approximate surface area is 94.7 Å². The zero-order valence-corrected chi connectivity index (χ0v) is 9.66. The van der Waals surface area contributed by atoms with Gasteiger partial charge in [-0.15, -0.1) is 23.7 Å². The van der Waals surface area contributed by atoms with Crippen molar-refractivity contribution in [3.05, 3.63) is 21.9 Å². The molecule has 1 aromatic rings. The van der Waals surface area contributed by atoms with E-state index in [1.54, 1.807) is 10.4 Å². The molecule has 4 heteroatoms. The summed E-state index contributed by atoms with van der Waals surface area (Å²) in [4.78, 5) is 4.23. The molecule has 0 unspecified atom stereocenters. The summed E-state index contributed by atoms with van der Waals surface area (Å²) < 4.78 is 0. The van der Waals surface area contributed by atoms with Crippen LogP contribution < -0.4 is 5.32 Å². The Balaban J connectivity index is 0.000000750. The molecule has 0 aromatic carbocycles. The monoisotopic (exact) mass is 230 g/mol. The number of hydrogen-bond donors (Lipinski definition) is 1. The zero-order chi connectivity index (χ0) is 8.67. The minimum Gasteiger partial charge on any atom is -0.314 e. The Kier molecular flexibility index (Phi) is 3.12. The number of nitrogens with one attached hydrogen (secondary N) is 1. The van der Waals surface area contributed by atoms with E-state index >= 15 is 0 Å². The maximum absolute atomic E-state index is 3.48. The predicted octanol–water partition coefficient (Wildman–Crippen LogP) is 1.67. The first-order chi connectivity index (χ1) is 6.45. The minimum absolute atomic E-state index is 0. The number of thiophene rings is 1. The lowest BCUT2D eigenvalue weighted by atomic mass is 10.0. The number of halogens is 1. The van der Waals surface area contributed by atoms with Crippen LogP contribution in [0.4, 0.5) is 0 Å². The van der Waals surface area contributed by atoms with E-state index < -0.39 is 0 Å². The molecule has 0 bridgehead atoms. The van der Waals surface area contributed by atoms with Crippen molar-refractivity contribution < 1.29 is 0 Å². The molecule has 0 saturated carbocycles. The second-order valence-corrected chi connectivity index (χ2v) is 4.76. The highest BCUT2D eigenvalue weighted by Crippen LogP contribution is 2.34. The van der Waals surface area contributed by atoms with Gasteiger partial charge in [0.1, 0.15) is 0 Å². The minimum atomic E-state index is 0. The smallest absolute Gasteiger partial charge is 0.0569 e. The fraction of sp³-hybridized carbons (Fsp3) is 0.600. The lowest BCUT2D eigenvalue weighted by molar-refractivity contribution is 0.155. The van der Waals surface area contributed by atoms with Crippen molar-refractivity contribution in [2.24, 2.45) is 0 Å². The van der Waals surface area contributed by atoms with Gasteiger partial charge >= 0.3 is 0 Å². The summed E-state index contributed by atoms with van der Waals surface area (Å²) in [5, 5.41) is 5.72. The van der Waals surface area contributed by atoms with Gasteiger partial charge < -0.3 is 5.32 Å². The molecule has 3 rings (SSSR count). The summed E-state index contributed by atoms with van der Waals surface area (Å²) in [5.41, 5.74) is 1.59. The highest BCUT2D eigenvalue weighted by molar-refractivity contribution is 7.10. The Morgan fingerprint density at radius 3 is 3.29 bits per heavy atom. The van der Waals surface area contributed by atoms with Gasteiger partial charge in [-0.25, -0.2) is 0 Å². The lowest BCUT2D eigenvalue weighted by Gasteiger charge is -2.39. The molecule has 0 aliphatic carbocycles. The van der Waals surface area contributed by atoms with Crippen molar-refractivity contribution in [2.75, 3.05) is 26.2 Å². The first-order valence-electron chi connectivity index (χ1n) is 4.96. The van der Waals surface area contributed by atoms with Crippen LogP contribution in [0.3, 0.4) is 0 Å². The molecule has 2 aliphatic heterocycles. The van der Waals surface area contributed by atoms with Gasteiger partial charge in [0.2, 0.25) is 0 Å². The van der Waals surface area contributed by atoms with Gasteiger partial charge in [0.05, 0.1) is 6.04 Å². The van der Waals surface area contributed by atoms with Crippen molar-refractivity contribution >= 4 is 23.7 Å². The number of rotatable bonds is 0. The van der Waals surface area contributed by atoms with Crippen LogP contribution in [0.15, 0.2) is 11.4 Å². The van der Waals surface area contributed by atoms with Gasteiger partial charge in [-0.3, -0.25) is 4.90 Å². The van der Waals surface area contributed by atoms with E-state index in [0.29, 0.717) is 6.04 Å². The van der Waals surface area contributed by atoms with Gasteiger partial charge in [-0.1, -0.05) is 0 Å². The number of hydrogen-bond acceptors (Lipinski definition) is 3. The maximum Gasteiger partial charge on any atom is 0.0569 e. The molecule has 14 heavy (non-hydrogen) atoms. The number of piperazine rings is 1. The van der Waals surface area contributed by atoms with E-state index in [9.17, 15) is 0 Å². The topological polar surface area (TPSA) is 15.3 Å². The third-order valence-corrected chi connectivity index (χ3v) is 4.17. The molecule has 0 radical (unpaired) electrons. The molecular formula is C10H15ClN2S. The van der Waals surface area contributed by atoms with Gasteiger partial charge in [-0.2, -0.15) is 0 Å². The molecule has 1 atom stereocenters. The van der Waals surface area contributed by atoms with Crippen molar-refractivity contribution in [3.63, 3.8) is 0 Å². The van der Waals surface area contributed by atoms with Crippen LogP contribution in [-0.4, -0.2) is 31.1 Å². The number of fused-ring (bicyclic) bond motifs is 3. The molecule has 0 spiro atoms. The first kappa shape index (κ1) is 10.4. The lowest BCUT2D eigenvalue weighted by Crippen LogP contribution is -2.48. The third kappa shape index (κ3) is 1.58. The fourth-order valence-corrected chi connectivity index (χ4v) is 3.47. The van der Waals surface area contributed by atoms with Crippen molar-refractivity contribution in [3.8, 4) is 0 Å². The highest BCUT2D eigenvalue weighted by Gasteiger charge is 2.29. The summed E-state index contributed by atoms with van der Waals surface area (Å²) in [6, 6.07) is 2.98. The largest absolute Gasteiger partial charge is 0.314 e. The summed E-state index contributed by atoms with van der Waals surface area (Å²) in [6.07, 6.45) is 1.26. The normalized spacial score (nSPS) is 26.1. The molecule has 2 aliphatic rings. The molecule has 1 fully saturated rings. The molecule has 1 N–H and O–H groups in total. The highest BCUT2D eigenvalue weighted by atomic mass is 35.5. The van der Waals surface area contributed by atoms with Crippen LogP contribution in [0, 0.1) is 0 Å². The zero-order valence-electron chi connectivity index (χ0n) is 8.03. The first-order valence-corrected chi connectivity index (χ1v) is 5.84. The average molecular weight is 231 g/mol. The van der Waals surface area contributed by atoms with Gasteiger partial charge in [-0.05, 0) is 23.4 Å². The van der Waals surface area contributed by atoms with E-state index in [4.69, 9.17) is 0 Å². The maximum atomic E-state index is 3.48. The standard InChI is InChI=1S/C10H14N2S.ClH/c1-4-12-5-3-11-7-9(12)10-8(1)2-6-13-10;/h2,6,9,11H,1,3-5,7H2;1H/t9-;/m0./s1. The molecule has 1 aromatic heterocycles. The van der Waals surface area contributed by atoms with Gasteiger partial charge in [0.15, 0.2) is 0 Å². The van der Waals surface area contributed by atoms with E-state index in [2.05, 4.69) is 21.7 Å². The van der Waals surface area contributed by atoms with Crippen molar-refractivity contribution in [2.45, 2.75) is 12.5 Å². The Morgan fingerprint density at radius 2 is 2.36 bits per heavy atom. The van der Waals surface area contributed by atoms with Gasteiger partial charge in [0, 0.05) is 31.1 Å². The van der Waals surface area contributed by atoms with E-state index in [1.165, 1.54) is 19.5 Å². The van der Waals surface area contributed by atoms with Crippen molar-refractivity contribution in [1.82, 2.24) is 10.2 Å². The fourth-order valence-electron chi connectivity index (χ4n) is 2.38. The summed E-state index contributed by atoms with van der Waals surface area (Å²) in [5.74, 6) is 0. The van der Waals surface area contributed by atoms with E-state index in [0.717, 1.165) is 13.1 Å². The molecular weight excluding hydrogens is 216 g/mol. The Bertz CT molecular complexity index is 313. The molecule has 1 saturated heterocycles. The molecule has 2 nitrogen and oxygen atoms in total. The van der Waals surface area contributed by atoms with Crippen LogP contribution in [-0.2, 0) is 6.42 Å². The van der Waals surface area contributed by atoms with Crippen LogP contribution in [0.25, 0.3) is 0 Å². The molecule has 0 amide bonds. The number of nitrogens with zero attached hydrogens (tertiary/aromatic N) is 1. The van der Waals surface area contributed by atoms with Crippen LogP contribution in [0.1, 0.15) is 16.5 Å². The molecule has 78 valence electrons. The predicted molar refractivity (Wildman–Crippen MR) is 62.5 cm³/mol.